The molecule has 2 N–H and O–H groups in total. The summed E-state index contributed by atoms with van der Waals surface area (Å²) in [4.78, 5) is 10.2. The van der Waals surface area contributed by atoms with Gasteiger partial charge in [-0.25, -0.2) is 0 Å². The lowest BCUT2D eigenvalue weighted by Crippen LogP contribution is -1.89. The number of hydrogen-bond donors (Lipinski definition) is 2. The van der Waals surface area contributed by atoms with E-state index in [9.17, 15) is 4.79 Å². The summed E-state index contributed by atoms with van der Waals surface area (Å²) in [6, 6.07) is 7.00. The highest BCUT2D eigenvalue weighted by Gasteiger charge is 1.90. The molecule has 0 amide bonds. The molecule has 0 heterocycles. The fourth-order valence-electron chi connectivity index (χ4n) is 0.715. The fraction of sp³-hybridized carbons (Fsp3) is 0.125. The van der Waals surface area contributed by atoms with Crippen molar-refractivity contribution in [1.29, 1.82) is 0 Å². The monoisotopic (exact) mass is 234 g/mol. The zero-order valence-corrected chi connectivity index (χ0v) is 8.64. The molecule has 0 radical (unpaired) electrons. The summed E-state index contributed by atoms with van der Waals surface area (Å²) in [5, 5.41) is 0. The Morgan fingerprint density at radius 3 is 2.27 bits per heavy atom. The Morgan fingerprint density at radius 2 is 1.87 bits per heavy atom. The molecule has 7 heteroatoms. The van der Waals surface area contributed by atoms with Gasteiger partial charge in [-0.2, -0.15) is 8.42 Å². The second-order valence-electron chi connectivity index (χ2n) is 2.34. The van der Waals surface area contributed by atoms with Gasteiger partial charge in [0, 0.05) is 5.56 Å². The van der Waals surface area contributed by atoms with E-state index in [1.807, 2.05) is 0 Å². The largest absolute Gasteiger partial charge is 0.497 e. The van der Waals surface area contributed by atoms with Crippen LogP contribution in [0, 0.1) is 0 Å². The molecule has 0 aliphatic heterocycles. The number of aldehydes is 1. The van der Waals surface area contributed by atoms with Gasteiger partial charge in [-0.05, 0) is 12.1 Å². The summed E-state index contributed by atoms with van der Waals surface area (Å²) in [6.07, 6.45) is 0.794. The van der Waals surface area contributed by atoms with Gasteiger partial charge in [-0.3, -0.25) is 13.9 Å². The normalized spacial score (nSPS) is 9.80. The van der Waals surface area contributed by atoms with Crippen LogP contribution in [-0.4, -0.2) is 30.9 Å². The summed E-state index contributed by atoms with van der Waals surface area (Å²) in [5.74, 6) is 0.713. The molecule has 0 aliphatic carbocycles. The Bertz CT molecular complexity index is 403. The first-order valence-electron chi connectivity index (χ1n) is 3.66. The van der Waals surface area contributed by atoms with Crippen LogP contribution >= 0.6 is 0 Å². The molecule has 0 saturated carbocycles. The molecule has 0 fully saturated rings. The predicted octanol–water partition coefficient (Wildman–Crippen LogP) is 0.855. The van der Waals surface area contributed by atoms with Crippen LogP contribution in [0.4, 0.5) is 0 Å². The van der Waals surface area contributed by atoms with Crippen molar-refractivity contribution >= 4 is 16.7 Å². The maximum Gasteiger partial charge on any atom is 0.394 e. The van der Waals surface area contributed by atoms with Crippen LogP contribution in [0.25, 0.3) is 0 Å². The molecule has 0 aliphatic rings. The van der Waals surface area contributed by atoms with Gasteiger partial charge in [-0.1, -0.05) is 12.1 Å². The van der Waals surface area contributed by atoms with Crippen LogP contribution in [0.2, 0.25) is 0 Å². The van der Waals surface area contributed by atoms with Crippen LogP contribution < -0.4 is 4.74 Å². The van der Waals surface area contributed by atoms with E-state index < -0.39 is 10.4 Å². The maximum atomic E-state index is 10.2. The summed E-state index contributed by atoms with van der Waals surface area (Å²) >= 11 is 0. The highest BCUT2D eigenvalue weighted by Crippen LogP contribution is 2.10. The number of carbonyl (C=O) groups excluding carboxylic acids is 1. The van der Waals surface area contributed by atoms with E-state index in [1.54, 1.807) is 31.4 Å². The fourth-order valence-corrected chi connectivity index (χ4v) is 0.715. The van der Waals surface area contributed by atoms with Gasteiger partial charge in [-0.15, -0.1) is 0 Å². The zero-order chi connectivity index (χ0) is 11.9. The first-order chi connectivity index (χ1) is 6.86. The third-order valence-corrected chi connectivity index (χ3v) is 1.23. The van der Waals surface area contributed by atoms with Crippen LogP contribution in [-0.2, 0) is 10.4 Å². The van der Waals surface area contributed by atoms with Gasteiger partial charge in [0.25, 0.3) is 0 Å². The minimum Gasteiger partial charge on any atom is -0.497 e. The molecule has 1 rings (SSSR count). The van der Waals surface area contributed by atoms with Gasteiger partial charge >= 0.3 is 10.4 Å². The molecule has 0 atom stereocenters. The van der Waals surface area contributed by atoms with Gasteiger partial charge in [0.15, 0.2) is 0 Å². The van der Waals surface area contributed by atoms with Crippen molar-refractivity contribution < 1.29 is 27.1 Å². The number of ether oxygens (including phenoxy) is 1. The van der Waals surface area contributed by atoms with Gasteiger partial charge in [0.05, 0.1) is 7.11 Å². The van der Waals surface area contributed by atoms with Gasteiger partial charge in [0.2, 0.25) is 0 Å². The molecule has 6 nitrogen and oxygen atoms in total. The Morgan fingerprint density at radius 1 is 1.33 bits per heavy atom. The molecule has 0 saturated heterocycles. The van der Waals surface area contributed by atoms with Crippen molar-refractivity contribution in [2.24, 2.45) is 0 Å². The Kier molecular flexibility index (Phi) is 5.53. The first-order valence-corrected chi connectivity index (χ1v) is 5.05. The molecule has 0 aromatic heterocycles. The third-order valence-electron chi connectivity index (χ3n) is 1.23. The molecule has 0 bridgehead atoms. The van der Waals surface area contributed by atoms with Crippen molar-refractivity contribution in [3.63, 3.8) is 0 Å². The standard InChI is InChI=1S/C8H8O2.H2O4S/c1-10-8-4-2-3-7(5-8)6-9;1-5(2,3)4/h2-6H,1H3;(H2,1,2,3,4). The van der Waals surface area contributed by atoms with E-state index in [1.165, 1.54) is 0 Å². The summed E-state index contributed by atoms with van der Waals surface area (Å²) in [7, 11) is -3.09. The Balaban J connectivity index is 0.000000336. The van der Waals surface area contributed by atoms with Crippen LogP contribution in [0.15, 0.2) is 24.3 Å². The average Bonchev–Trinajstić information content (AvgIpc) is 2.15. The molecule has 1 aromatic rings. The number of methoxy groups -OCH3 is 1. The second-order valence-corrected chi connectivity index (χ2v) is 3.24. The molecule has 0 unspecified atom stereocenters. The lowest BCUT2D eigenvalue weighted by molar-refractivity contribution is 0.112. The molecule has 0 spiro atoms. The van der Waals surface area contributed by atoms with E-state index in [4.69, 9.17) is 22.3 Å². The van der Waals surface area contributed by atoms with Crippen molar-refractivity contribution in [3.8, 4) is 5.75 Å². The topological polar surface area (TPSA) is 101 Å². The molecule has 84 valence electrons. The lowest BCUT2D eigenvalue weighted by atomic mass is 10.2. The highest BCUT2D eigenvalue weighted by molar-refractivity contribution is 7.79. The van der Waals surface area contributed by atoms with Crippen molar-refractivity contribution in [2.45, 2.75) is 0 Å². The SMILES string of the molecule is COc1cccc(C=O)c1.O=S(=O)(O)O. The van der Waals surface area contributed by atoms with E-state index in [-0.39, 0.29) is 0 Å². The van der Waals surface area contributed by atoms with Crippen LogP contribution in [0.1, 0.15) is 10.4 Å². The number of rotatable bonds is 2. The highest BCUT2D eigenvalue weighted by atomic mass is 32.3. The van der Waals surface area contributed by atoms with Crippen LogP contribution in [0.5, 0.6) is 5.75 Å². The minimum atomic E-state index is -4.67. The van der Waals surface area contributed by atoms with Crippen molar-refractivity contribution in [3.05, 3.63) is 29.8 Å². The number of carbonyl (C=O) groups is 1. The first kappa shape index (κ1) is 13.6. The minimum absolute atomic E-state index is 0.638. The van der Waals surface area contributed by atoms with E-state index >= 15 is 0 Å². The summed E-state index contributed by atoms with van der Waals surface area (Å²) in [6.45, 7) is 0. The molecular weight excluding hydrogens is 224 g/mol. The predicted molar refractivity (Wildman–Crippen MR) is 52.6 cm³/mol. The van der Waals surface area contributed by atoms with E-state index in [0.29, 0.717) is 11.3 Å². The summed E-state index contributed by atoms with van der Waals surface area (Å²) in [5.41, 5.74) is 0.638. The van der Waals surface area contributed by atoms with Gasteiger partial charge < -0.3 is 4.74 Å². The number of benzene rings is 1. The summed E-state index contributed by atoms with van der Waals surface area (Å²) < 4.78 is 36.5. The van der Waals surface area contributed by atoms with Crippen molar-refractivity contribution in [1.82, 2.24) is 0 Å². The molecule has 15 heavy (non-hydrogen) atoms. The van der Waals surface area contributed by atoms with Crippen LogP contribution in [0.3, 0.4) is 0 Å². The lowest BCUT2D eigenvalue weighted by Gasteiger charge is -1.97. The quantitative estimate of drug-likeness (QED) is 0.581. The van der Waals surface area contributed by atoms with E-state index in [0.717, 1.165) is 6.29 Å². The Labute approximate surface area is 87.1 Å². The zero-order valence-electron chi connectivity index (χ0n) is 7.82. The third kappa shape index (κ3) is 8.88. The molecular formula is C8H10O6S. The van der Waals surface area contributed by atoms with Gasteiger partial charge in [0.1, 0.15) is 12.0 Å². The number of hydrogen-bond acceptors (Lipinski definition) is 4. The average molecular weight is 234 g/mol. The van der Waals surface area contributed by atoms with Crippen molar-refractivity contribution in [2.75, 3.05) is 7.11 Å². The maximum absolute atomic E-state index is 10.2. The van der Waals surface area contributed by atoms with E-state index in [2.05, 4.69) is 0 Å². The smallest absolute Gasteiger partial charge is 0.394 e. The molecule has 1 aromatic carbocycles. The second kappa shape index (κ2) is 6.12. The Hall–Kier alpha value is -1.44.